The van der Waals surface area contributed by atoms with Crippen LogP contribution in [0.1, 0.15) is 19.8 Å². The standard InChI is InChI=1S/C10H14O2/c1-3-8-4-6-9(7-5-8)10(11)12-2/h4,6-8H,3,5H2,1-2H3. The van der Waals surface area contributed by atoms with Crippen LogP contribution in [-0.2, 0) is 9.53 Å². The molecule has 12 heavy (non-hydrogen) atoms. The van der Waals surface area contributed by atoms with Crippen molar-refractivity contribution in [1.29, 1.82) is 0 Å². The topological polar surface area (TPSA) is 26.3 Å². The van der Waals surface area contributed by atoms with E-state index in [-0.39, 0.29) is 5.97 Å². The van der Waals surface area contributed by atoms with Gasteiger partial charge in [0.2, 0.25) is 0 Å². The molecule has 0 spiro atoms. The number of carbonyl (C=O) groups excluding carboxylic acids is 1. The van der Waals surface area contributed by atoms with E-state index >= 15 is 0 Å². The van der Waals surface area contributed by atoms with Crippen molar-refractivity contribution in [3.8, 4) is 0 Å². The lowest BCUT2D eigenvalue weighted by atomic mass is 9.95. The number of allylic oxidation sites excluding steroid dienone is 2. The van der Waals surface area contributed by atoms with Crippen LogP contribution in [0.25, 0.3) is 0 Å². The first kappa shape index (κ1) is 9.04. The number of hydrogen-bond donors (Lipinski definition) is 0. The third-order valence-corrected chi connectivity index (χ3v) is 2.13. The van der Waals surface area contributed by atoms with Gasteiger partial charge in [-0.15, -0.1) is 0 Å². The quantitative estimate of drug-likeness (QED) is 0.587. The minimum atomic E-state index is -0.235. The van der Waals surface area contributed by atoms with Gasteiger partial charge < -0.3 is 4.74 Å². The van der Waals surface area contributed by atoms with Crippen LogP contribution < -0.4 is 0 Å². The van der Waals surface area contributed by atoms with Gasteiger partial charge in [-0.2, -0.15) is 0 Å². The van der Waals surface area contributed by atoms with Gasteiger partial charge in [0.15, 0.2) is 0 Å². The Kier molecular flexibility index (Phi) is 3.09. The Balaban J connectivity index is 2.57. The molecule has 0 heterocycles. The summed E-state index contributed by atoms with van der Waals surface area (Å²) in [5.41, 5.74) is 0.683. The Hall–Kier alpha value is -1.05. The van der Waals surface area contributed by atoms with E-state index in [4.69, 9.17) is 0 Å². The molecule has 2 nitrogen and oxygen atoms in total. The van der Waals surface area contributed by atoms with E-state index in [9.17, 15) is 4.79 Å². The van der Waals surface area contributed by atoms with Gasteiger partial charge in [-0.05, 0) is 18.8 Å². The van der Waals surface area contributed by atoms with Crippen LogP contribution >= 0.6 is 0 Å². The molecule has 0 fully saturated rings. The van der Waals surface area contributed by atoms with Crippen LogP contribution in [-0.4, -0.2) is 13.1 Å². The lowest BCUT2D eigenvalue weighted by Crippen LogP contribution is -2.07. The molecule has 0 radical (unpaired) electrons. The summed E-state index contributed by atoms with van der Waals surface area (Å²) in [7, 11) is 1.41. The monoisotopic (exact) mass is 166 g/mol. The van der Waals surface area contributed by atoms with Gasteiger partial charge >= 0.3 is 5.97 Å². The van der Waals surface area contributed by atoms with Crippen LogP contribution in [0.2, 0.25) is 0 Å². The zero-order valence-corrected chi connectivity index (χ0v) is 7.54. The Labute approximate surface area is 72.9 Å². The molecule has 1 unspecified atom stereocenters. The van der Waals surface area contributed by atoms with Gasteiger partial charge in [0.25, 0.3) is 0 Å². The van der Waals surface area contributed by atoms with Gasteiger partial charge in [0, 0.05) is 0 Å². The maximum absolute atomic E-state index is 11.0. The molecule has 0 saturated carbocycles. The first-order valence-electron chi connectivity index (χ1n) is 4.24. The highest BCUT2D eigenvalue weighted by molar-refractivity contribution is 5.91. The minimum Gasteiger partial charge on any atom is -0.465 e. The van der Waals surface area contributed by atoms with Crippen LogP contribution in [0.3, 0.4) is 0 Å². The van der Waals surface area contributed by atoms with E-state index in [0.29, 0.717) is 11.5 Å². The second kappa shape index (κ2) is 4.10. The summed E-state index contributed by atoms with van der Waals surface area (Å²) < 4.78 is 4.60. The molecule has 0 amide bonds. The largest absolute Gasteiger partial charge is 0.465 e. The van der Waals surface area contributed by atoms with E-state index < -0.39 is 0 Å². The average Bonchev–Trinajstić information content (AvgIpc) is 2.17. The van der Waals surface area contributed by atoms with E-state index in [1.54, 1.807) is 0 Å². The molecular weight excluding hydrogens is 152 g/mol. The summed E-state index contributed by atoms with van der Waals surface area (Å²) in [6.45, 7) is 2.14. The summed E-state index contributed by atoms with van der Waals surface area (Å²) >= 11 is 0. The number of esters is 1. The molecule has 1 rings (SSSR count). The molecule has 0 N–H and O–H groups in total. The molecule has 1 atom stereocenters. The van der Waals surface area contributed by atoms with E-state index in [1.807, 2.05) is 12.2 Å². The third-order valence-electron chi connectivity index (χ3n) is 2.13. The molecule has 0 aliphatic heterocycles. The average molecular weight is 166 g/mol. The van der Waals surface area contributed by atoms with Crippen LogP contribution in [0.4, 0.5) is 0 Å². The van der Waals surface area contributed by atoms with Gasteiger partial charge in [-0.3, -0.25) is 0 Å². The van der Waals surface area contributed by atoms with Crippen molar-refractivity contribution in [3.63, 3.8) is 0 Å². The maximum Gasteiger partial charge on any atom is 0.337 e. The normalized spacial score (nSPS) is 21.8. The SMILES string of the molecule is CCC1C=CC(C(=O)OC)=CC1. The summed E-state index contributed by atoms with van der Waals surface area (Å²) in [4.78, 5) is 11.0. The van der Waals surface area contributed by atoms with Gasteiger partial charge in [0.1, 0.15) is 0 Å². The van der Waals surface area contributed by atoms with Crippen molar-refractivity contribution in [2.75, 3.05) is 7.11 Å². The van der Waals surface area contributed by atoms with Gasteiger partial charge in [-0.25, -0.2) is 4.79 Å². The third kappa shape index (κ3) is 1.97. The molecule has 0 aromatic carbocycles. The fourth-order valence-corrected chi connectivity index (χ4v) is 1.24. The number of rotatable bonds is 2. The van der Waals surface area contributed by atoms with Crippen molar-refractivity contribution in [1.82, 2.24) is 0 Å². The smallest absolute Gasteiger partial charge is 0.337 e. The van der Waals surface area contributed by atoms with Crippen molar-refractivity contribution in [2.24, 2.45) is 5.92 Å². The number of carbonyl (C=O) groups is 1. The highest BCUT2D eigenvalue weighted by atomic mass is 16.5. The van der Waals surface area contributed by atoms with Crippen LogP contribution in [0.5, 0.6) is 0 Å². The summed E-state index contributed by atoms with van der Waals surface area (Å²) in [6, 6.07) is 0. The molecule has 0 aromatic heterocycles. The second-order valence-corrected chi connectivity index (χ2v) is 2.91. The Morgan fingerprint density at radius 1 is 1.75 bits per heavy atom. The number of ether oxygens (including phenoxy) is 1. The zero-order chi connectivity index (χ0) is 8.97. The highest BCUT2D eigenvalue weighted by Crippen LogP contribution is 2.19. The maximum atomic E-state index is 11.0. The first-order valence-corrected chi connectivity index (χ1v) is 4.24. The molecule has 1 aliphatic carbocycles. The summed E-state index contributed by atoms with van der Waals surface area (Å²) in [6.07, 6.45) is 7.95. The predicted octanol–water partition coefficient (Wildman–Crippen LogP) is 2.07. The predicted molar refractivity (Wildman–Crippen MR) is 47.6 cm³/mol. The lowest BCUT2D eigenvalue weighted by molar-refractivity contribution is -0.135. The van der Waals surface area contributed by atoms with Crippen molar-refractivity contribution in [3.05, 3.63) is 23.8 Å². The van der Waals surface area contributed by atoms with Crippen LogP contribution in [0, 0.1) is 5.92 Å². The Morgan fingerprint density at radius 2 is 2.50 bits per heavy atom. The summed E-state index contributed by atoms with van der Waals surface area (Å²) in [5, 5.41) is 0. The van der Waals surface area contributed by atoms with Crippen LogP contribution in [0.15, 0.2) is 23.8 Å². The molecule has 0 aromatic rings. The Bertz CT molecular complexity index is 226. The fourth-order valence-electron chi connectivity index (χ4n) is 1.24. The van der Waals surface area contributed by atoms with E-state index in [0.717, 1.165) is 12.8 Å². The second-order valence-electron chi connectivity index (χ2n) is 2.91. The minimum absolute atomic E-state index is 0.235. The number of hydrogen-bond acceptors (Lipinski definition) is 2. The molecule has 1 aliphatic rings. The van der Waals surface area contributed by atoms with E-state index in [1.165, 1.54) is 7.11 Å². The van der Waals surface area contributed by atoms with Crippen molar-refractivity contribution in [2.45, 2.75) is 19.8 Å². The molecule has 0 saturated heterocycles. The fraction of sp³-hybridized carbons (Fsp3) is 0.500. The van der Waals surface area contributed by atoms with Gasteiger partial charge in [0.05, 0.1) is 12.7 Å². The highest BCUT2D eigenvalue weighted by Gasteiger charge is 2.11. The first-order chi connectivity index (χ1) is 5.77. The Morgan fingerprint density at radius 3 is 2.92 bits per heavy atom. The molecule has 2 heteroatoms. The van der Waals surface area contributed by atoms with Crippen molar-refractivity contribution >= 4 is 5.97 Å². The van der Waals surface area contributed by atoms with Crippen molar-refractivity contribution < 1.29 is 9.53 Å². The summed E-state index contributed by atoms with van der Waals surface area (Å²) in [5.74, 6) is 0.360. The molecule has 0 bridgehead atoms. The number of methoxy groups -OCH3 is 1. The molecular formula is C10H14O2. The lowest BCUT2D eigenvalue weighted by Gasteiger charge is -2.12. The van der Waals surface area contributed by atoms with Gasteiger partial charge in [-0.1, -0.05) is 25.2 Å². The van der Waals surface area contributed by atoms with E-state index in [2.05, 4.69) is 17.7 Å². The molecule has 66 valence electrons. The zero-order valence-electron chi connectivity index (χ0n) is 7.54.